The van der Waals surface area contributed by atoms with Crippen LogP contribution < -0.4 is 0 Å². The van der Waals surface area contributed by atoms with Gasteiger partial charge < -0.3 is 9.47 Å². The van der Waals surface area contributed by atoms with Crippen LogP contribution in [0.4, 0.5) is 0 Å². The molecule has 5 nitrogen and oxygen atoms in total. The average molecular weight is 244 g/mol. The van der Waals surface area contributed by atoms with Crippen LogP contribution in [0.2, 0.25) is 0 Å². The SMILES string of the molecule is CCCCCC(=O)C(OC(C)=O)C(=O)OCC. The Morgan fingerprint density at radius 3 is 2.24 bits per heavy atom. The minimum Gasteiger partial charge on any atom is -0.463 e. The van der Waals surface area contributed by atoms with Gasteiger partial charge in [0, 0.05) is 13.3 Å². The molecule has 17 heavy (non-hydrogen) atoms. The van der Waals surface area contributed by atoms with E-state index >= 15 is 0 Å². The van der Waals surface area contributed by atoms with E-state index in [9.17, 15) is 14.4 Å². The van der Waals surface area contributed by atoms with Gasteiger partial charge in [-0.3, -0.25) is 9.59 Å². The minimum atomic E-state index is -1.40. The molecule has 0 aliphatic heterocycles. The van der Waals surface area contributed by atoms with Crippen LogP contribution in [0.1, 0.15) is 46.5 Å². The van der Waals surface area contributed by atoms with Gasteiger partial charge in [0.05, 0.1) is 6.61 Å². The van der Waals surface area contributed by atoms with Gasteiger partial charge in [0.25, 0.3) is 6.10 Å². The van der Waals surface area contributed by atoms with Crippen molar-refractivity contribution in [1.29, 1.82) is 0 Å². The predicted molar refractivity (Wildman–Crippen MR) is 61.3 cm³/mol. The zero-order chi connectivity index (χ0) is 13.3. The van der Waals surface area contributed by atoms with Crippen molar-refractivity contribution >= 4 is 17.7 Å². The lowest BCUT2D eigenvalue weighted by atomic mass is 10.1. The first-order valence-electron chi connectivity index (χ1n) is 5.89. The first-order chi connectivity index (χ1) is 8.02. The number of rotatable bonds is 8. The maximum Gasteiger partial charge on any atom is 0.355 e. The van der Waals surface area contributed by atoms with E-state index in [1.165, 1.54) is 0 Å². The molecular formula is C12H20O5. The quantitative estimate of drug-likeness (QED) is 0.369. The summed E-state index contributed by atoms with van der Waals surface area (Å²) >= 11 is 0. The van der Waals surface area contributed by atoms with Crippen LogP contribution in [0.25, 0.3) is 0 Å². The van der Waals surface area contributed by atoms with Gasteiger partial charge in [-0.15, -0.1) is 0 Å². The number of unbranched alkanes of at least 4 members (excludes halogenated alkanes) is 2. The van der Waals surface area contributed by atoms with E-state index in [-0.39, 0.29) is 13.0 Å². The molecule has 0 amide bonds. The smallest absolute Gasteiger partial charge is 0.355 e. The van der Waals surface area contributed by atoms with Crippen LogP contribution in [-0.2, 0) is 23.9 Å². The number of esters is 2. The normalized spacial score (nSPS) is 11.7. The van der Waals surface area contributed by atoms with Crippen LogP contribution >= 0.6 is 0 Å². The topological polar surface area (TPSA) is 69.7 Å². The molecule has 0 radical (unpaired) electrons. The Hall–Kier alpha value is -1.39. The highest BCUT2D eigenvalue weighted by molar-refractivity contribution is 6.03. The number of hydrogen-bond acceptors (Lipinski definition) is 5. The van der Waals surface area contributed by atoms with E-state index in [0.717, 1.165) is 19.8 Å². The lowest BCUT2D eigenvalue weighted by Gasteiger charge is -2.14. The summed E-state index contributed by atoms with van der Waals surface area (Å²) in [5.74, 6) is -1.84. The molecule has 0 aliphatic rings. The first kappa shape index (κ1) is 15.6. The molecule has 0 saturated heterocycles. The molecule has 0 saturated carbocycles. The van der Waals surface area contributed by atoms with Crippen molar-refractivity contribution in [3.8, 4) is 0 Å². The van der Waals surface area contributed by atoms with Gasteiger partial charge in [-0.1, -0.05) is 19.8 Å². The van der Waals surface area contributed by atoms with Gasteiger partial charge >= 0.3 is 11.9 Å². The largest absolute Gasteiger partial charge is 0.463 e. The fraction of sp³-hybridized carbons (Fsp3) is 0.750. The summed E-state index contributed by atoms with van der Waals surface area (Å²) in [5.41, 5.74) is 0. The Bertz CT molecular complexity index is 272. The number of ketones is 1. The van der Waals surface area contributed by atoms with Crippen molar-refractivity contribution in [3.05, 3.63) is 0 Å². The molecular weight excluding hydrogens is 224 g/mol. The second-order valence-electron chi connectivity index (χ2n) is 3.66. The van der Waals surface area contributed by atoms with E-state index < -0.39 is 23.8 Å². The summed E-state index contributed by atoms with van der Waals surface area (Å²) in [6, 6.07) is 0. The van der Waals surface area contributed by atoms with Gasteiger partial charge in [0.15, 0.2) is 5.78 Å². The monoisotopic (exact) mass is 244 g/mol. The number of ether oxygens (including phenoxy) is 2. The van der Waals surface area contributed by atoms with Crippen LogP contribution in [-0.4, -0.2) is 30.4 Å². The summed E-state index contributed by atoms with van der Waals surface area (Å²) < 4.78 is 9.39. The maximum absolute atomic E-state index is 11.7. The summed E-state index contributed by atoms with van der Waals surface area (Å²) in [6.07, 6.45) is 1.40. The molecule has 0 aliphatic carbocycles. The minimum absolute atomic E-state index is 0.152. The zero-order valence-corrected chi connectivity index (χ0v) is 10.7. The Labute approximate surface area is 101 Å². The van der Waals surface area contributed by atoms with Gasteiger partial charge in [-0.05, 0) is 13.3 Å². The molecule has 5 heteroatoms. The summed E-state index contributed by atoms with van der Waals surface area (Å²) in [6.45, 7) is 4.95. The first-order valence-corrected chi connectivity index (χ1v) is 5.89. The van der Waals surface area contributed by atoms with Gasteiger partial charge in [-0.25, -0.2) is 4.79 Å². The summed E-state index contributed by atoms with van der Waals surface area (Å²) in [5, 5.41) is 0. The highest BCUT2D eigenvalue weighted by atomic mass is 16.6. The van der Waals surface area contributed by atoms with E-state index in [1.54, 1.807) is 6.92 Å². The molecule has 0 fully saturated rings. The van der Waals surface area contributed by atoms with E-state index in [2.05, 4.69) is 0 Å². The third-order valence-electron chi connectivity index (χ3n) is 2.10. The molecule has 0 aromatic heterocycles. The molecule has 0 bridgehead atoms. The fourth-order valence-corrected chi connectivity index (χ4v) is 1.31. The van der Waals surface area contributed by atoms with Gasteiger partial charge in [-0.2, -0.15) is 0 Å². The highest BCUT2D eigenvalue weighted by Crippen LogP contribution is 2.07. The van der Waals surface area contributed by atoms with Gasteiger partial charge in [0.1, 0.15) is 0 Å². The van der Waals surface area contributed by atoms with E-state index in [4.69, 9.17) is 9.47 Å². The number of hydrogen-bond donors (Lipinski definition) is 0. The molecule has 0 rings (SSSR count). The Kier molecular flexibility index (Phi) is 8.01. The van der Waals surface area contributed by atoms with Crippen molar-refractivity contribution in [3.63, 3.8) is 0 Å². The van der Waals surface area contributed by atoms with Crippen LogP contribution in [0.15, 0.2) is 0 Å². The molecule has 0 heterocycles. The molecule has 0 aromatic carbocycles. The number of Topliss-reactive ketones (excluding diaryl/α,β-unsaturated/α-hetero) is 1. The second kappa shape index (κ2) is 8.73. The average Bonchev–Trinajstić information content (AvgIpc) is 2.26. The van der Waals surface area contributed by atoms with Crippen molar-refractivity contribution in [2.45, 2.75) is 52.6 Å². The third kappa shape index (κ3) is 6.71. The summed E-state index contributed by atoms with van der Waals surface area (Å²) in [4.78, 5) is 33.9. The van der Waals surface area contributed by atoms with Crippen molar-refractivity contribution < 1.29 is 23.9 Å². The van der Waals surface area contributed by atoms with Crippen LogP contribution in [0, 0.1) is 0 Å². The Balaban J connectivity index is 4.39. The molecule has 1 atom stereocenters. The van der Waals surface area contributed by atoms with Crippen LogP contribution in [0.5, 0.6) is 0 Å². The Morgan fingerprint density at radius 1 is 1.12 bits per heavy atom. The van der Waals surface area contributed by atoms with E-state index in [1.807, 2.05) is 6.92 Å². The lowest BCUT2D eigenvalue weighted by Crippen LogP contribution is -2.36. The zero-order valence-electron chi connectivity index (χ0n) is 10.7. The molecule has 98 valence electrons. The van der Waals surface area contributed by atoms with Crippen molar-refractivity contribution in [1.82, 2.24) is 0 Å². The van der Waals surface area contributed by atoms with Crippen LogP contribution in [0.3, 0.4) is 0 Å². The number of carbonyl (C=O) groups excluding carboxylic acids is 3. The standard InChI is InChI=1S/C12H20O5/c1-4-6-7-8-10(14)11(17-9(3)13)12(15)16-5-2/h11H,4-8H2,1-3H3. The van der Waals surface area contributed by atoms with Crippen molar-refractivity contribution in [2.24, 2.45) is 0 Å². The second-order valence-corrected chi connectivity index (χ2v) is 3.66. The lowest BCUT2D eigenvalue weighted by molar-refractivity contribution is -0.170. The molecule has 1 unspecified atom stereocenters. The fourth-order valence-electron chi connectivity index (χ4n) is 1.31. The third-order valence-corrected chi connectivity index (χ3v) is 2.10. The molecule has 0 spiro atoms. The highest BCUT2D eigenvalue weighted by Gasteiger charge is 2.30. The number of carbonyl (C=O) groups is 3. The predicted octanol–water partition coefficient (Wildman–Crippen LogP) is 1.63. The molecule has 0 aromatic rings. The van der Waals surface area contributed by atoms with Crippen molar-refractivity contribution in [2.75, 3.05) is 6.61 Å². The van der Waals surface area contributed by atoms with Gasteiger partial charge in [0.2, 0.25) is 0 Å². The summed E-state index contributed by atoms with van der Waals surface area (Å²) in [7, 11) is 0. The molecule has 0 N–H and O–H groups in total. The van der Waals surface area contributed by atoms with E-state index in [0.29, 0.717) is 6.42 Å². The Morgan fingerprint density at radius 2 is 1.76 bits per heavy atom. The maximum atomic E-state index is 11.7.